The highest BCUT2D eigenvalue weighted by molar-refractivity contribution is 9.10. The summed E-state index contributed by atoms with van der Waals surface area (Å²) in [6.07, 6.45) is 0. The molecule has 0 atom stereocenters. The van der Waals surface area contributed by atoms with Crippen LogP contribution in [0, 0.1) is 6.92 Å². The highest BCUT2D eigenvalue weighted by Gasteiger charge is 2.10. The summed E-state index contributed by atoms with van der Waals surface area (Å²) >= 11 is 9.11. The van der Waals surface area contributed by atoms with E-state index in [-0.39, 0.29) is 5.91 Å². The van der Waals surface area contributed by atoms with Gasteiger partial charge < -0.3 is 10.3 Å². The molecule has 0 aliphatic carbocycles. The Morgan fingerprint density at radius 2 is 2.00 bits per heavy atom. The Balaban J connectivity index is 2.14. The number of hydrogen-bond acceptors (Lipinski definition) is 1. The minimum absolute atomic E-state index is 0.180. The smallest absolute Gasteiger partial charge is 0.272 e. The van der Waals surface area contributed by atoms with Gasteiger partial charge in [-0.2, -0.15) is 0 Å². The molecule has 0 radical (unpaired) electrons. The molecule has 2 N–H and O–H groups in total. The van der Waals surface area contributed by atoms with Gasteiger partial charge in [0.1, 0.15) is 5.69 Å². The van der Waals surface area contributed by atoms with Crippen molar-refractivity contribution in [1.82, 2.24) is 4.98 Å². The van der Waals surface area contributed by atoms with Crippen LogP contribution in [0.4, 0.5) is 5.69 Å². The molecule has 1 heterocycles. The van der Waals surface area contributed by atoms with E-state index in [0.29, 0.717) is 16.4 Å². The van der Waals surface area contributed by atoms with E-state index in [2.05, 4.69) is 26.2 Å². The number of rotatable bonds is 2. The number of hydrogen-bond donors (Lipinski definition) is 2. The highest BCUT2D eigenvalue weighted by Crippen LogP contribution is 2.18. The molecule has 0 bridgehead atoms. The molecule has 1 aromatic heterocycles. The summed E-state index contributed by atoms with van der Waals surface area (Å²) in [6, 6.07) is 8.72. The molecule has 0 aliphatic heterocycles. The van der Waals surface area contributed by atoms with Crippen LogP contribution in [0.3, 0.4) is 0 Å². The molecule has 3 nitrogen and oxygen atoms in total. The minimum atomic E-state index is -0.180. The first-order chi connectivity index (χ1) is 8.06. The lowest BCUT2D eigenvalue weighted by atomic mass is 10.3. The molecule has 1 amide bonds. The molecule has 0 fully saturated rings. The summed E-state index contributed by atoms with van der Waals surface area (Å²) in [7, 11) is 0. The second kappa shape index (κ2) is 4.94. The monoisotopic (exact) mass is 312 g/mol. The number of aromatic nitrogens is 1. The van der Waals surface area contributed by atoms with E-state index in [4.69, 9.17) is 11.6 Å². The first kappa shape index (κ1) is 12.2. The van der Waals surface area contributed by atoms with Crippen LogP contribution in [-0.4, -0.2) is 10.9 Å². The quantitative estimate of drug-likeness (QED) is 0.865. The SMILES string of the molecule is Cc1[nH]c(C(=O)Nc2ccc(Cl)cc2)cc1Br. The lowest BCUT2D eigenvalue weighted by Crippen LogP contribution is -2.12. The predicted molar refractivity (Wildman–Crippen MR) is 72.6 cm³/mol. The van der Waals surface area contributed by atoms with Gasteiger partial charge in [-0.15, -0.1) is 0 Å². The Labute approximate surface area is 112 Å². The number of carbonyl (C=O) groups excluding carboxylic acids is 1. The zero-order chi connectivity index (χ0) is 12.4. The number of halogens is 2. The van der Waals surface area contributed by atoms with Crippen molar-refractivity contribution in [2.75, 3.05) is 5.32 Å². The zero-order valence-corrected chi connectivity index (χ0v) is 11.4. The molecular weight excluding hydrogens is 304 g/mol. The number of H-pyrrole nitrogens is 1. The lowest BCUT2D eigenvalue weighted by molar-refractivity contribution is 0.102. The van der Waals surface area contributed by atoms with Crippen LogP contribution in [0.15, 0.2) is 34.8 Å². The summed E-state index contributed by atoms with van der Waals surface area (Å²) in [5.41, 5.74) is 2.15. The Kier molecular flexibility index (Phi) is 3.54. The van der Waals surface area contributed by atoms with Crippen molar-refractivity contribution in [2.45, 2.75) is 6.92 Å². The van der Waals surface area contributed by atoms with Gasteiger partial charge in [-0.3, -0.25) is 4.79 Å². The van der Waals surface area contributed by atoms with Crippen LogP contribution >= 0.6 is 27.5 Å². The first-order valence-corrected chi connectivity index (χ1v) is 6.15. The third kappa shape index (κ3) is 2.90. The standard InChI is InChI=1S/C12H10BrClN2O/c1-7-10(13)6-11(15-7)12(17)16-9-4-2-8(14)3-5-9/h2-6,15H,1H3,(H,16,17). The van der Waals surface area contributed by atoms with E-state index in [9.17, 15) is 4.79 Å². The second-order valence-electron chi connectivity index (χ2n) is 3.62. The maximum atomic E-state index is 11.9. The summed E-state index contributed by atoms with van der Waals surface area (Å²) < 4.78 is 0.888. The van der Waals surface area contributed by atoms with E-state index in [1.165, 1.54) is 0 Å². The van der Waals surface area contributed by atoms with Crippen LogP contribution in [0.25, 0.3) is 0 Å². The minimum Gasteiger partial charge on any atom is -0.354 e. The Morgan fingerprint density at radius 1 is 1.35 bits per heavy atom. The van der Waals surface area contributed by atoms with E-state index >= 15 is 0 Å². The molecule has 2 rings (SSSR count). The van der Waals surface area contributed by atoms with Gasteiger partial charge >= 0.3 is 0 Å². The van der Waals surface area contributed by atoms with E-state index in [0.717, 1.165) is 10.2 Å². The molecule has 2 aromatic rings. The van der Waals surface area contributed by atoms with Crippen LogP contribution in [-0.2, 0) is 0 Å². The number of carbonyl (C=O) groups is 1. The zero-order valence-electron chi connectivity index (χ0n) is 9.05. The summed E-state index contributed by atoms with van der Waals surface area (Å²) in [6.45, 7) is 1.89. The number of aromatic amines is 1. The van der Waals surface area contributed by atoms with Gasteiger partial charge in [-0.05, 0) is 53.2 Å². The van der Waals surface area contributed by atoms with Crippen molar-refractivity contribution in [3.05, 3.63) is 51.2 Å². The van der Waals surface area contributed by atoms with Crippen molar-refractivity contribution in [3.63, 3.8) is 0 Å². The van der Waals surface area contributed by atoms with Crippen molar-refractivity contribution in [1.29, 1.82) is 0 Å². The van der Waals surface area contributed by atoms with Crippen LogP contribution in [0.2, 0.25) is 5.02 Å². The average molecular weight is 314 g/mol. The predicted octanol–water partition coefficient (Wildman–Crippen LogP) is 3.99. The Bertz CT molecular complexity index is 529. The number of anilines is 1. The number of nitrogens with one attached hydrogen (secondary N) is 2. The fraction of sp³-hybridized carbons (Fsp3) is 0.0833. The van der Waals surface area contributed by atoms with Gasteiger partial charge in [0.2, 0.25) is 0 Å². The Hall–Kier alpha value is -1.26. The van der Waals surface area contributed by atoms with Crippen molar-refractivity contribution >= 4 is 39.1 Å². The van der Waals surface area contributed by atoms with Gasteiger partial charge in [-0.1, -0.05) is 11.6 Å². The van der Waals surface area contributed by atoms with Crippen molar-refractivity contribution < 1.29 is 4.79 Å². The maximum Gasteiger partial charge on any atom is 0.272 e. The van der Waals surface area contributed by atoms with Gasteiger partial charge in [0.25, 0.3) is 5.91 Å². The second-order valence-corrected chi connectivity index (χ2v) is 4.91. The van der Waals surface area contributed by atoms with Gasteiger partial charge in [0.05, 0.1) is 0 Å². The fourth-order valence-corrected chi connectivity index (χ4v) is 1.84. The highest BCUT2D eigenvalue weighted by atomic mass is 79.9. The molecule has 0 spiro atoms. The summed E-state index contributed by atoms with van der Waals surface area (Å²) in [5, 5.41) is 3.42. The van der Waals surface area contributed by atoms with Crippen molar-refractivity contribution in [3.8, 4) is 0 Å². The molecule has 0 aliphatic rings. The first-order valence-electron chi connectivity index (χ1n) is 4.98. The number of amides is 1. The summed E-state index contributed by atoms with van der Waals surface area (Å²) in [5.74, 6) is -0.180. The Morgan fingerprint density at radius 3 is 2.53 bits per heavy atom. The largest absolute Gasteiger partial charge is 0.354 e. The maximum absolute atomic E-state index is 11.9. The molecule has 5 heteroatoms. The number of benzene rings is 1. The normalized spacial score (nSPS) is 10.3. The van der Waals surface area contributed by atoms with E-state index in [1.54, 1.807) is 30.3 Å². The fourth-order valence-electron chi connectivity index (χ4n) is 1.39. The number of aryl methyl sites for hydroxylation is 1. The molecule has 88 valence electrons. The molecular formula is C12H10BrClN2O. The van der Waals surface area contributed by atoms with Gasteiger partial charge in [-0.25, -0.2) is 0 Å². The summed E-state index contributed by atoms with van der Waals surface area (Å²) in [4.78, 5) is 14.9. The molecule has 0 unspecified atom stereocenters. The van der Waals surface area contributed by atoms with Crippen LogP contribution in [0.1, 0.15) is 16.2 Å². The van der Waals surface area contributed by atoms with Gasteiger partial charge in [0, 0.05) is 20.9 Å². The molecule has 0 saturated carbocycles. The average Bonchev–Trinajstić information content (AvgIpc) is 2.63. The lowest BCUT2D eigenvalue weighted by Gasteiger charge is -2.03. The molecule has 17 heavy (non-hydrogen) atoms. The van der Waals surface area contributed by atoms with Crippen LogP contribution in [0.5, 0.6) is 0 Å². The third-order valence-corrected chi connectivity index (χ3v) is 3.37. The topological polar surface area (TPSA) is 44.9 Å². The van der Waals surface area contributed by atoms with E-state index < -0.39 is 0 Å². The van der Waals surface area contributed by atoms with E-state index in [1.807, 2.05) is 6.92 Å². The van der Waals surface area contributed by atoms with Crippen molar-refractivity contribution in [2.24, 2.45) is 0 Å². The molecule has 0 saturated heterocycles. The molecule has 1 aromatic carbocycles. The van der Waals surface area contributed by atoms with Crippen LogP contribution < -0.4 is 5.32 Å². The third-order valence-electron chi connectivity index (χ3n) is 2.30. The van der Waals surface area contributed by atoms with Gasteiger partial charge in [0.15, 0.2) is 0 Å².